The summed E-state index contributed by atoms with van der Waals surface area (Å²) in [5.74, 6) is 0.203. The minimum Gasteiger partial charge on any atom is -0.295 e. The highest BCUT2D eigenvalue weighted by atomic mass is 32.1. The lowest BCUT2D eigenvalue weighted by Gasteiger charge is -2.29. The first-order valence-corrected chi connectivity index (χ1v) is 9.27. The van der Waals surface area contributed by atoms with Crippen LogP contribution >= 0.6 is 22.7 Å². The van der Waals surface area contributed by atoms with Gasteiger partial charge < -0.3 is 0 Å². The molecule has 0 unspecified atom stereocenters. The molecular weight excluding hydrogens is 310 g/mol. The van der Waals surface area contributed by atoms with Gasteiger partial charge in [0.1, 0.15) is 0 Å². The van der Waals surface area contributed by atoms with Crippen LogP contribution in [-0.4, -0.2) is 30.3 Å². The van der Waals surface area contributed by atoms with E-state index >= 15 is 0 Å². The standard InChI is InChI=1S/C18H19NOS2/c1-2-7-19-12-14(10-16-5-3-8-21-16)18(20)15(13-19)11-17-6-4-9-22-17/h3-6,8-11H,2,7,12-13H2,1H3/b14-10+,15-11+. The van der Waals surface area contributed by atoms with E-state index in [9.17, 15) is 4.79 Å². The van der Waals surface area contributed by atoms with Gasteiger partial charge in [-0.1, -0.05) is 19.1 Å². The van der Waals surface area contributed by atoms with Crippen LogP contribution < -0.4 is 0 Å². The van der Waals surface area contributed by atoms with E-state index in [1.165, 1.54) is 0 Å². The molecule has 0 radical (unpaired) electrons. The molecule has 114 valence electrons. The molecule has 0 aliphatic carbocycles. The van der Waals surface area contributed by atoms with E-state index in [0.717, 1.165) is 47.0 Å². The van der Waals surface area contributed by atoms with Crippen LogP contribution in [0, 0.1) is 0 Å². The van der Waals surface area contributed by atoms with Crippen molar-refractivity contribution < 1.29 is 4.79 Å². The summed E-state index contributed by atoms with van der Waals surface area (Å²) >= 11 is 3.35. The number of hydrogen-bond acceptors (Lipinski definition) is 4. The molecule has 22 heavy (non-hydrogen) atoms. The van der Waals surface area contributed by atoms with Crippen LogP contribution in [0.5, 0.6) is 0 Å². The third-order valence-electron chi connectivity index (χ3n) is 3.63. The van der Waals surface area contributed by atoms with Gasteiger partial charge >= 0.3 is 0 Å². The number of nitrogens with zero attached hydrogens (tertiary/aromatic N) is 1. The van der Waals surface area contributed by atoms with E-state index in [1.807, 2.05) is 22.9 Å². The first kappa shape index (κ1) is 15.4. The predicted molar refractivity (Wildman–Crippen MR) is 96.3 cm³/mol. The third-order valence-corrected chi connectivity index (χ3v) is 5.27. The maximum Gasteiger partial charge on any atom is 0.187 e. The smallest absolute Gasteiger partial charge is 0.187 e. The zero-order valence-electron chi connectivity index (χ0n) is 12.6. The number of carbonyl (C=O) groups is 1. The molecule has 0 aromatic carbocycles. The molecule has 1 fully saturated rings. The van der Waals surface area contributed by atoms with E-state index in [2.05, 4.69) is 36.1 Å². The fraction of sp³-hybridized carbons (Fsp3) is 0.278. The Morgan fingerprint density at radius 1 is 1.05 bits per heavy atom. The Morgan fingerprint density at radius 3 is 2.00 bits per heavy atom. The zero-order chi connectivity index (χ0) is 15.4. The summed E-state index contributed by atoms with van der Waals surface area (Å²) in [5, 5.41) is 4.10. The number of thiophene rings is 2. The summed E-state index contributed by atoms with van der Waals surface area (Å²) in [6.07, 6.45) is 5.21. The van der Waals surface area contributed by atoms with Gasteiger partial charge in [-0.15, -0.1) is 22.7 Å². The van der Waals surface area contributed by atoms with Crippen molar-refractivity contribution in [2.24, 2.45) is 0 Å². The summed E-state index contributed by atoms with van der Waals surface area (Å²) in [6, 6.07) is 8.17. The quantitative estimate of drug-likeness (QED) is 0.766. The Hall–Kier alpha value is -1.49. The van der Waals surface area contributed by atoms with Crippen molar-refractivity contribution in [3.05, 3.63) is 55.9 Å². The van der Waals surface area contributed by atoms with Gasteiger partial charge in [0.15, 0.2) is 5.78 Å². The van der Waals surface area contributed by atoms with Gasteiger partial charge in [-0.3, -0.25) is 9.69 Å². The highest BCUT2D eigenvalue weighted by Crippen LogP contribution is 2.24. The lowest BCUT2D eigenvalue weighted by Crippen LogP contribution is -2.38. The Balaban J connectivity index is 1.91. The average molecular weight is 329 g/mol. The van der Waals surface area contributed by atoms with Gasteiger partial charge in [0.05, 0.1) is 0 Å². The van der Waals surface area contributed by atoms with Gasteiger partial charge in [0.25, 0.3) is 0 Å². The van der Waals surface area contributed by atoms with Crippen molar-refractivity contribution >= 4 is 40.6 Å². The first-order valence-electron chi connectivity index (χ1n) is 7.51. The summed E-state index contributed by atoms with van der Waals surface area (Å²) in [5.41, 5.74) is 1.81. The molecule has 0 spiro atoms. The van der Waals surface area contributed by atoms with Crippen LogP contribution in [0.25, 0.3) is 12.2 Å². The highest BCUT2D eigenvalue weighted by Gasteiger charge is 2.25. The Bertz CT molecular complexity index is 625. The van der Waals surface area contributed by atoms with Gasteiger partial charge in [-0.25, -0.2) is 0 Å². The second kappa shape index (κ2) is 7.18. The number of rotatable bonds is 4. The van der Waals surface area contributed by atoms with Crippen molar-refractivity contribution in [3.8, 4) is 0 Å². The second-order valence-corrected chi connectivity index (χ2v) is 7.37. The van der Waals surface area contributed by atoms with Crippen molar-refractivity contribution in [1.29, 1.82) is 0 Å². The summed E-state index contributed by atoms with van der Waals surface area (Å²) in [6.45, 7) is 4.72. The molecule has 4 heteroatoms. The van der Waals surface area contributed by atoms with E-state index < -0.39 is 0 Å². The molecule has 3 heterocycles. The van der Waals surface area contributed by atoms with Crippen molar-refractivity contribution in [2.75, 3.05) is 19.6 Å². The van der Waals surface area contributed by atoms with Crippen LogP contribution in [-0.2, 0) is 4.79 Å². The summed E-state index contributed by atoms with van der Waals surface area (Å²) in [7, 11) is 0. The number of carbonyl (C=O) groups excluding carboxylic acids is 1. The van der Waals surface area contributed by atoms with Gasteiger partial charge in [-0.05, 0) is 48.0 Å². The van der Waals surface area contributed by atoms with E-state index in [1.54, 1.807) is 22.7 Å². The number of Topliss-reactive ketones (excluding diaryl/α,β-unsaturated/α-hetero) is 1. The third kappa shape index (κ3) is 3.64. The van der Waals surface area contributed by atoms with Crippen molar-refractivity contribution in [3.63, 3.8) is 0 Å². The monoisotopic (exact) mass is 329 g/mol. The summed E-state index contributed by atoms with van der Waals surface area (Å²) in [4.78, 5) is 17.4. The molecule has 1 aliphatic heterocycles. The summed E-state index contributed by atoms with van der Waals surface area (Å²) < 4.78 is 0. The largest absolute Gasteiger partial charge is 0.295 e. The molecular formula is C18H19NOS2. The number of piperidine rings is 1. The zero-order valence-corrected chi connectivity index (χ0v) is 14.3. The minimum absolute atomic E-state index is 0.203. The molecule has 0 atom stereocenters. The Morgan fingerprint density at radius 2 is 1.59 bits per heavy atom. The van der Waals surface area contributed by atoms with Crippen LogP contribution in [0.2, 0.25) is 0 Å². The fourth-order valence-corrected chi connectivity index (χ4v) is 4.04. The molecule has 1 aliphatic rings. The molecule has 3 rings (SSSR count). The molecule has 1 saturated heterocycles. The second-order valence-electron chi connectivity index (χ2n) is 5.41. The van der Waals surface area contributed by atoms with Crippen molar-refractivity contribution in [2.45, 2.75) is 13.3 Å². The number of hydrogen-bond donors (Lipinski definition) is 0. The highest BCUT2D eigenvalue weighted by molar-refractivity contribution is 7.11. The molecule has 0 N–H and O–H groups in total. The van der Waals surface area contributed by atoms with E-state index in [-0.39, 0.29) is 5.78 Å². The van der Waals surface area contributed by atoms with Crippen molar-refractivity contribution in [1.82, 2.24) is 4.90 Å². The molecule has 2 aromatic heterocycles. The van der Waals surface area contributed by atoms with E-state index in [0.29, 0.717) is 0 Å². The van der Waals surface area contributed by atoms with Gasteiger partial charge in [-0.2, -0.15) is 0 Å². The molecule has 2 nitrogen and oxygen atoms in total. The van der Waals surface area contributed by atoms with Crippen LogP contribution in [0.15, 0.2) is 46.2 Å². The molecule has 0 amide bonds. The first-order chi connectivity index (χ1) is 10.8. The van der Waals surface area contributed by atoms with Gasteiger partial charge in [0, 0.05) is 34.0 Å². The lowest BCUT2D eigenvalue weighted by molar-refractivity contribution is -0.113. The minimum atomic E-state index is 0.203. The fourth-order valence-electron chi connectivity index (χ4n) is 2.67. The SMILES string of the molecule is CCCN1C/C(=C\c2cccs2)C(=O)/C(=C/c2cccs2)C1. The van der Waals surface area contributed by atoms with E-state index in [4.69, 9.17) is 0 Å². The van der Waals surface area contributed by atoms with Crippen LogP contribution in [0.3, 0.4) is 0 Å². The molecule has 2 aromatic rings. The normalized spacial score (nSPS) is 20.1. The molecule has 0 bridgehead atoms. The average Bonchev–Trinajstić information content (AvgIpc) is 3.17. The number of ketones is 1. The lowest BCUT2D eigenvalue weighted by atomic mass is 9.96. The predicted octanol–water partition coefficient (Wildman–Crippen LogP) is 4.57. The van der Waals surface area contributed by atoms with Crippen LogP contribution in [0.1, 0.15) is 23.1 Å². The topological polar surface area (TPSA) is 20.3 Å². The Kier molecular flexibility index (Phi) is 5.03. The molecule has 0 saturated carbocycles. The maximum absolute atomic E-state index is 12.8. The Labute approximate surface area is 139 Å². The number of likely N-dealkylation sites (tertiary alicyclic amines) is 1. The maximum atomic E-state index is 12.8. The van der Waals surface area contributed by atoms with Gasteiger partial charge in [0.2, 0.25) is 0 Å². The van der Waals surface area contributed by atoms with Crippen LogP contribution in [0.4, 0.5) is 0 Å².